The Morgan fingerprint density at radius 3 is 0.645 bits per heavy atom. The van der Waals surface area contributed by atoms with Gasteiger partial charge in [-0.1, -0.05) is 27.1 Å². The van der Waals surface area contributed by atoms with E-state index >= 15 is 0 Å². The van der Waals surface area contributed by atoms with E-state index in [1.807, 2.05) is 0 Å². The zero-order valence-corrected chi connectivity index (χ0v) is 26.6. The summed E-state index contributed by atoms with van der Waals surface area (Å²) in [5.74, 6) is 0. The fraction of sp³-hybridized carbons (Fsp3) is 1.00. The molecule has 0 aromatic heterocycles. The van der Waals surface area contributed by atoms with Gasteiger partial charge in [0.05, 0.1) is 0 Å². The van der Waals surface area contributed by atoms with Crippen molar-refractivity contribution in [2.75, 3.05) is 0 Å². The maximum absolute atomic E-state index is 10.7. The van der Waals surface area contributed by atoms with Gasteiger partial charge in [-0.15, -0.1) is 4.90 Å². The molecule has 0 spiro atoms. The SMILES string of the molecule is O=[P+]([O-])OC(O[P+](=O)[O-])N(C(O[P+](=O)[O-])O[P+](=O)[O-])C(O[P+](=O)[O-])O[P+](=O)[O-].[Na+].[Na+].[Na+]. The van der Waals surface area contributed by atoms with Crippen molar-refractivity contribution in [3.63, 3.8) is 0 Å². The Morgan fingerprint density at radius 2 is 0.548 bits per heavy atom. The van der Waals surface area contributed by atoms with Gasteiger partial charge in [0, 0.05) is 0 Å². The van der Waals surface area contributed by atoms with Gasteiger partial charge in [0.15, 0.2) is 0 Å². The monoisotopic (exact) mass is 596 g/mol. The van der Waals surface area contributed by atoms with E-state index in [1.54, 1.807) is 0 Å². The molecule has 0 fully saturated rings. The molecule has 0 amide bonds. The Kier molecular flexibility index (Phi) is 29.6. The van der Waals surface area contributed by atoms with Crippen LogP contribution in [0.1, 0.15) is 0 Å². The minimum Gasteiger partial charge on any atom is -0.566 e. The van der Waals surface area contributed by atoms with Crippen LogP contribution >= 0.6 is 49.5 Å². The molecule has 158 valence electrons. The summed E-state index contributed by atoms with van der Waals surface area (Å²) < 4.78 is 87.5. The zero-order valence-electron chi connectivity index (χ0n) is 15.2. The van der Waals surface area contributed by atoms with Gasteiger partial charge in [-0.2, -0.15) is 0 Å². The normalized spacial score (nSPS) is 16.4. The van der Waals surface area contributed by atoms with Crippen LogP contribution in [0.25, 0.3) is 0 Å². The Balaban J connectivity index is -0.00000121. The van der Waals surface area contributed by atoms with Gasteiger partial charge < -0.3 is 29.4 Å². The van der Waals surface area contributed by atoms with Crippen molar-refractivity contribution in [3.8, 4) is 0 Å². The van der Waals surface area contributed by atoms with Crippen LogP contribution in [0, 0.1) is 0 Å². The van der Waals surface area contributed by atoms with Crippen molar-refractivity contribution in [1.82, 2.24) is 4.90 Å². The summed E-state index contributed by atoms with van der Waals surface area (Å²) in [5.41, 5.74) is 0. The quantitative estimate of drug-likeness (QED) is 0.0962. The van der Waals surface area contributed by atoms with Gasteiger partial charge in [-0.25, -0.2) is 0 Å². The summed E-state index contributed by atoms with van der Waals surface area (Å²) in [7, 11) is -24.6. The molecule has 0 saturated heterocycles. The third kappa shape index (κ3) is 20.9. The summed E-state index contributed by atoms with van der Waals surface area (Å²) in [5, 5.41) is 0. The van der Waals surface area contributed by atoms with E-state index < -0.39 is 73.7 Å². The number of hydrogen-bond donors (Lipinski definition) is 0. The molecular formula is C3H3NNa3O18P6+3. The van der Waals surface area contributed by atoms with Crippen molar-refractivity contribution >= 4 is 49.5 Å². The van der Waals surface area contributed by atoms with E-state index in [9.17, 15) is 56.8 Å². The summed E-state index contributed by atoms with van der Waals surface area (Å²) in [6.45, 7) is 0. The fourth-order valence-corrected chi connectivity index (χ4v) is 3.12. The molecule has 6 unspecified atom stereocenters. The molecule has 0 aromatic rings. The number of rotatable bonds is 15. The molecule has 28 heteroatoms. The first kappa shape index (κ1) is 41.2. The van der Waals surface area contributed by atoms with Gasteiger partial charge in [0.25, 0.3) is 0 Å². The summed E-state index contributed by atoms with van der Waals surface area (Å²) in [6.07, 6.45) is -9.11. The topological polar surface area (TPSA) is 299 Å². The van der Waals surface area contributed by atoms with Crippen LogP contribution in [0.4, 0.5) is 0 Å². The standard InChI is InChI=1S/C3H3NO18P6.3Na/c5-23(6)17-1(18-24(7)8)4(2(19-25(9)10)20-26(11)12)3(21-27(13)14)22-28(15)16;;;/h1-3H;;;/q;3*+1. The van der Waals surface area contributed by atoms with Crippen LogP contribution < -0.4 is 118 Å². The first-order valence-electron chi connectivity index (χ1n) is 5.48. The van der Waals surface area contributed by atoms with E-state index in [-0.39, 0.29) is 88.7 Å². The average molecular weight is 596 g/mol. The minimum absolute atomic E-state index is 0. The molecule has 19 nitrogen and oxygen atoms in total. The molecule has 0 aliphatic carbocycles. The van der Waals surface area contributed by atoms with E-state index in [2.05, 4.69) is 27.1 Å². The van der Waals surface area contributed by atoms with Gasteiger partial charge in [-0.05, 0) is 27.4 Å². The summed E-state index contributed by atoms with van der Waals surface area (Å²) >= 11 is 0. The van der Waals surface area contributed by atoms with E-state index in [0.717, 1.165) is 0 Å². The van der Waals surface area contributed by atoms with Crippen molar-refractivity contribution in [3.05, 3.63) is 0 Å². The van der Waals surface area contributed by atoms with Crippen LogP contribution in [0.3, 0.4) is 0 Å². The second kappa shape index (κ2) is 22.3. The largest absolute Gasteiger partial charge is 1.00 e. The Labute approximate surface area is 243 Å². The average Bonchev–Trinajstić information content (AvgIpc) is 2.42. The summed E-state index contributed by atoms with van der Waals surface area (Å²) in [4.78, 5) is 63.6. The van der Waals surface area contributed by atoms with E-state index in [4.69, 9.17) is 0 Å². The van der Waals surface area contributed by atoms with Crippen LogP contribution in [-0.2, 0) is 54.5 Å². The maximum atomic E-state index is 10.7. The Hall–Kier alpha value is 3.08. The Morgan fingerprint density at radius 1 is 0.419 bits per heavy atom. The molecule has 0 N–H and O–H groups in total. The maximum Gasteiger partial charge on any atom is 1.00 e. The van der Waals surface area contributed by atoms with Gasteiger partial charge in [0.2, 0.25) is 0 Å². The van der Waals surface area contributed by atoms with Crippen molar-refractivity contribution in [1.29, 1.82) is 0 Å². The van der Waals surface area contributed by atoms with Gasteiger partial charge in [-0.3, -0.25) is 0 Å². The number of hydrogen-bond acceptors (Lipinski definition) is 19. The van der Waals surface area contributed by atoms with Crippen LogP contribution in [-0.4, -0.2) is 24.1 Å². The van der Waals surface area contributed by atoms with Gasteiger partial charge >= 0.3 is 157 Å². The molecule has 0 aliphatic heterocycles. The Bertz CT molecular complexity index is 517. The van der Waals surface area contributed by atoms with Crippen molar-refractivity contribution < 1.29 is 173 Å². The fourth-order valence-electron chi connectivity index (χ4n) is 1.12. The molecule has 31 heavy (non-hydrogen) atoms. The van der Waals surface area contributed by atoms with E-state index in [0.29, 0.717) is 0 Å². The zero-order chi connectivity index (χ0) is 22.0. The summed E-state index contributed by atoms with van der Waals surface area (Å²) in [6, 6.07) is 0. The van der Waals surface area contributed by atoms with E-state index in [1.165, 1.54) is 0 Å². The molecule has 0 aliphatic rings. The second-order valence-corrected chi connectivity index (χ2v) is 7.29. The predicted octanol–water partition coefficient (Wildman–Crippen LogP) is -12.6. The second-order valence-electron chi connectivity index (χ2n) is 3.34. The molecule has 0 radical (unpaired) electrons. The smallest absolute Gasteiger partial charge is 0.566 e. The third-order valence-electron chi connectivity index (χ3n) is 1.79. The molecule has 0 saturated carbocycles. The molecular weight excluding hydrogens is 593 g/mol. The first-order chi connectivity index (χ1) is 12.8. The third-order valence-corrected chi connectivity index (χ3v) is 3.90. The van der Waals surface area contributed by atoms with Crippen molar-refractivity contribution in [2.24, 2.45) is 0 Å². The predicted molar refractivity (Wildman–Crippen MR) is 65.4 cm³/mol. The molecule has 0 bridgehead atoms. The molecule has 6 atom stereocenters. The number of nitrogens with zero attached hydrogens (tertiary/aromatic N) is 1. The minimum atomic E-state index is -4.09. The van der Waals surface area contributed by atoms with Crippen molar-refractivity contribution in [2.45, 2.75) is 19.2 Å². The molecule has 0 rings (SSSR count). The van der Waals surface area contributed by atoms with Crippen LogP contribution in [0.15, 0.2) is 0 Å². The van der Waals surface area contributed by atoms with Crippen LogP contribution in [0.5, 0.6) is 0 Å². The van der Waals surface area contributed by atoms with Crippen LogP contribution in [0.2, 0.25) is 0 Å². The van der Waals surface area contributed by atoms with Gasteiger partial charge in [0.1, 0.15) is 0 Å². The molecule has 0 aromatic carbocycles. The molecule has 0 heterocycles. The first-order valence-corrected chi connectivity index (χ1v) is 12.0.